The standard InChI is InChI=1S/C13H17BrN2O2S/c1-13(2)9-16(7-8-19(13)18)12(17)15-11-5-3-10(14)4-6-11/h3-6H,7-9H2,1-2H3,(H,15,17)/t19-/m1/s1. The molecule has 2 rings (SSSR count). The van der Waals surface area contributed by atoms with E-state index in [4.69, 9.17) is 0 Å². The smallest absolute Gasteiger partial charge is 0.321 e. The van der Waals surface area contributed by atoms with E-state index in [2.05, 4.69) is 21.2 Å². The van der Waals surface area contributed by atoms with E-state index < -0.39 is 10.8 Å². The maximum Gasteiger partial charge on any atom is 0.321 e. The van der Waals surface area contributed by atoms with Gasteiger partial charge in [-0.15, -0.1) is 0 Å². The van der Waals surface area contributed by atoms with E-state index in [9.17, 15) is 9.00 Å². The third kappa shape index (κ3) is 3.57. The summed E-state index contributed by atoms with van der Waals surface area (Å²) in [5.41, 5.74) is 0.762. The molecule has 0 radical (unpaired) electrons. The Kier molecular flexibility index (Phi) is 4.30. The lowest BCUT2D eigenvalue weighted by Gasteiger charge is -2.37. The summed E-state index contributed by atoms with van der Waals surface area (Å²) in [6.45, 7) is 4.92. The van der Waals surface area contributed by atoms with Gasteiger partial charge in [0.25, 0.3) is 0 Å². The number of carbonyl (C=O) groups excluding carboxylic acids is 1. The normalized spacial score (nSPS) is 22.1. The van der Waals surface area contributed by atoms with Crippen molar-refractivity contribution in [3.05, 3.63) is 28.7 Å². The van der Waals surface area contributed by atoms with Crippen molar-refractivity contribution in [1.82, 2.24) is 4.90 Å². The molecule has 1 atom stereocenters. The number of benzene rings is 1. The van der Waals surface area contributed by atoms with Gasteiger partial charge in [0, 0.05) is 39.8 Å². The fourth-order valence-electron chi connectivity index (χ4n) is 1.99. The van der Waals surface area contributed by atoms with Crippen LogP contribution in [-0.4, -0.2) is 38.7 Å². The van der Waals surface area contributed by atoms with Crippen LogP contribution in [0.2, 0.25) is 0 Å². The Morgan fingerprint density at radius 1 is 1.37 bits per heavy atom. The van der Waals surface area contributed by atoms with Crippen molar-refractivity contribution in [3.63, 3.8) is 0 Å². The number of carbonyl (C=O) groups is 1. The van der Waals surface area contributed by atoms with Crippen LogP contribution in [0.15, 0.2) is 28.7 Å². The van der Waals surface area contributed by atoms with Crippen molar-refractivity contribution in [2.75, 3.05) is 24.2 Å². The molecular weight excluding hydrogens is 328 g/mol. The summed E-state index contributed by atoms with van der Waals surface area (Å²) in [5, 5.41) is 2.86. The highest BCUT2D eigenvalue weighted by Gasteiger charge is 2.35. The number of nitrogens with one attached hydrogen (secondary N) is 1. The topological polar surface area (TPSA) is 49.4 Å². The van der Waals surface area contributed by atoms with Gasteiger partial charge in [-0.1, -0.05) is 15.9 Å². The van der Waals surface area contributed by atoms with Gasteiger partial charge in [-0.3, -0.25) is 4.21 Å². The van der Waals surface area contributed by atoms with Crippen LogP contribution in [0.1, 0.15) is 13.8 Å². The summed E-state index contributed by atoms with van der Waals surface area (Å²) >= 11 is 3.35. The molecule has 1 aromatic carbocycles. The Hall–Kier alpha value is -0.880. The monoisotopic (exact) mass is 344 g/mol. The second-order valence-corrected chi connectivity index (χ2v) is 8.29. The largest absolute Gasteiger partial charge is 0.322 e. The summed E-state index contributed by atoms with van der Waals surface area (Å²) in [4.78, 5) is 13.9. The molecule has 0 bridgehead atoms. The Balaban J connectivity index is 2.01. The van der Waals surface area contributed by atoms with Gasteiger partial charge in [0.2, 0.25) is 0 Å². The van der Waals surface area contributed by atoms with Crippen LogP contribution in [0.5, 0.6) is 0 Å². The molecule has 0 aliphatic carbocycles. The average Bonchev–Trinajstić information content (AvgIpc) is 2.35. The van der Waals surface area contributed by atoms with E-state index in [0.29, 0.717) is 18.8 Å². The van der Waals surface area contributed by atoms with Gasteiger partial charge in [0.1, 0.15) is 0 Å². The lowest BCUT2D eigenvalue weighted by molar-refractivity contribution is 0.207. The lowest BCUT2D eigenvalue weighted by atomic mass is 10.2. The van der Waals surface area contributed by atoms with Gasteiger partial charge in [-0.05, 0) is 38.1 Å². The van der Waals surface area contributed by atoms with Crippen LogP contribution in [0.4, 0.5) is 10.5 Å². The van der Waals surface area contributed by atoms with Gasteiger partial charge < -0.3 is 10.2 Å². The van der Waals surface area contributed by atoms with Crippen LogP contribution in [0.3, 0.4) is 0 Å². The predicted octanol–water partition coefficient (Wildman–Crippen LogP) is 2.82. The van der Waals surface area contributed by atoms with Crippen molar-refractivity contribution >= 4 is 38.4 Å². The van der Waals surface area contributed by atoms with Gasteiger partial charge in [0.15, 0.2) is 0 Å². The van der Waals surface area contributed by atoms with Crippen LogP contribution in [0, 0.1) is 0 Å². The maximum absolute atomic E-state index is 12.2. The van der Waals surface area contributed by atoms with E-state index in [1.54, 1.807) is 4.90 Å². The van der Waals surface area contributed by atoms with Crippen molar-refractivity contribution in [2.24, 2.45) is 0 Å². The third-order valence-corrected chi connectivity index (χ3v) is 5.56. The van der Waals surface area contributed by atoms with E-state index in [0.717, 1.165) is 10.2 Å². The van der Waals surface area contributed by atoms with Crippen molar-refractivity contribution < 1.29 is 9.00 Å². The first-order valence-electron chi connectivity index (χ1n) is 6.08. The number of amides is 2. The highest BCUT2D eigenvalue weighted by Crippen LogP contribution is 2.21. The average molecular weight is 345 g/mol. The SMILES string of the molecule is CC1(C)CN(C(=O)Nc2ccc(Br)cc2)CC[S@]1=O. The molecule has 0 aromatic heterocycles. The minimum absolute atomic E-state index is 0.132. The second kappa shape index (κ2) is 5.63. The minimum Gasteiger partial charge on any atom is -0.322 e. The fourth-order valence-corrected chi connectivity index (χ4v) is 3.49. The minimum atomic E-state index is -0.865. The van der Waals surface area contributed by atoms with E-state index in [1.807, 2.05) is 38.1 Å². The molecule has 1 aliphatic rings. The number of hydrogen-bond donors (Lipinski definition) is 1. The molecular formula is C13H17BrN2O2S. The molecule has 1 heterocycles. The molecule has 1 aliphatic heterocycles. The summed E-state index contributed by atoms with van der Waals surface area (Å²) in [7, 11) is -0.865. The van der Waals surface area contributed by atoms with E-state index >= 15 is 0 Å². The Labute approximate surface area is 124 Å². The zero-order valence-electron chi connectivity index (χ0n) is 11.0. The van der Waals surface area contributed by atoms with Crippen LogP contribution in [0.25, 0.3) is 0 Å². The van der Waals surface area contributed by atoms with Crippen LogP contribution < -0.4 is 5.32 Å². The molecule has 6 heteroatoms. The molecule has 0 saturated carbocycles. The van der Waals surface area contributed by atoms with E-state index in [1.165, 1.54) is 0 Å². The number of urea groups is 1. The lowest BCUT2D eigenvalue weighted by Crippen LogP contribution is -2.53. The maximum atomic E-state index is 12.2. The first-order valence-corrected chi connectivity index (χ1v) is 8.20. The molecule has 4 nitrogen and oxygen atoms in total. The second-order valence-electron chi connectivity index (χ2n) is 5.17. The number of nitrogens with zero attached hydrogens (tertiary/aromatic N) is 1. The highest BCUT2D eigenvalue weighted by molar-refractivity contribution is 9.10. The third-order valence-electron chi connectivity index (χ3n) is 3.12. The van der Waals surface area contributed by atoms with E-state index in [-0.39, 0.29) is 10.8 Å². The van der Waals surface area contributed by atoms with Crippen molar-refractivity contribution in [2.45, 2.75) is 18.6 Å². The van der Waals surface area contributed by atoms with Crippen LogP contribution in [-0.2, 0) is 10.8 Å². The molecule has 2 amide bonds. The number of rotatable bonds is 1. The molecule has 0 spiro atoms. The molecule has 1 saturated heterocycles. The zero-order chi connectivity index (χ0) is 14.0. The molecule has 1 aromatic rings. The highest BCUT2D eigenvalue weighted by atomic mass is 79.9. The summed E-state index contributed by atoms with van der Waals surface area (Å²) in [6.07, 6.45) is 0. The number of hydrogen-bond acceptors (Lipinski definition) is 2. The first-order chi connectivity index (χ1) is 8.88. The van der Waals surface area contributed by atoms with Crippen molar-refractivity contribution in [3.8, 4) is 0 Å². The Bertz CT molecular complexity index is 502. The van der Waals surface area contributed by atoms with Gasteiger partial charge in [-0.2, -0.15) is 0 Å². The fraction of sp³-hybridized carbons (Fsp3) is 0.462. The van der Waals surface area contributed by atoms with Gasteiger partial charge in [0.05, 0.1) is 4.75 Å². The number of halogens is 1. The quantitative estimate of drug-likeness (QED) is 0.851. The molecule has 19 heavy (non-hydrogen) atoms. The van der Waals surface area contributed by atoms with Gasteiger partial charge >= 0.3 is 6.03 Å². The molecule has 104 valence electrons. The van der Waals surface area contributed by atoms with Crippen molar-refractivity contribution in [1.29, 1.82) is 0 Å². The molecule has 1 fully saturated rings. The Morgan fingerprint density at radius 3 is 2.58 bits per heavy atom. The summed E-state index contributed by atoms with van der Waals surface area (Å²) in [6, 6.07) is 7.31. The van der Waals surface area contributed by atoms with Crippen LogP contribution >= 0.6 is 15.9 Å². The summed E-state index contributed by atoms with van der Waals surface area (Å²) in [5.74, 6) is 0.542. The molecule has 1 N–H and O–H groups in total. The predicted molar refractivity (Wildman–Crippen MR) is 81.8 cm³/mol. The first kappa shape index (κ1) is 14.5. The zero-order valence-corrected chi connectivity index (χ0v) is 13.4. The molecule has 0 unspecified atom stereocenters. The summed E-state index contributed by atoms with van der Waals surface area (Å²) < 4.78 is 12.5. The van der Waals surface area contributed by atoms with Gasteiger partial charge in [-0.25, -0.2) is 4.79 Å². The number of anilines is 1. The Morgan fingerprint density at radius 2 is 2.00 bits per heavy atom.